The van der Waals surface area contributed by atoms with Crippen molar-refractivity contribution < 1.29 is 18.7 Å². The van der Waals surface area contributed by atoms with Crippen LogP contribution in [-0.4, -0.2) is 22.5 Å². The molecule has 29 heavy (non-hydrogen) atoms. The Morgan fingerprint density at radius 1 is 1.03 bits per heavy atom. The van der Waals surface area contributed by atoms with Crippen molar-refractivity contribution in [3.63, 3.8) is 0 Å². The van der Waals surface area contributed by atoms with Gasteiger partial charge in [0, 0.05) is 25.2 Å². The number of carbonyl (C=O) groups is 1. The van der Waals surface area contributed by atoms with E-state index >= 15 is 0 Å². The number of hydrogen-bond acceptors (Lipinski definition) is 2. The molecule has 0 aliphatic carbocycles. The third-order valence-corrected chi connectivity index (χ3v) is 5.12. The van der Waals surface area contributed by atoms with Crippen molar-refractivity contribution in [1.82, 2.24) is 4.90 Å². The molecule has 0 saturated carbocycles. The zero-order valence-electron chi connectivity index (χ0n) is 17.4. The highest BCUT2D eigenvalue weighted by atomic mass is 19.1. The minimum absolute atomic E-state index is 0.00823. The molecule has 0 radical (unpaired) electrons. The van der Waals surface area contributed by atoms with Gasteiger partial charge in [-0.3, -0.25) is 9.69 Å². The third-order valence-electron chi connectivity index (χ3n) is 5.12. The largest absolute Gasteiger partial charge is 0.481 e. The highest BCUT2D eigenvalue weighted by molar-refractivity contribution is 5.66. The first-order valence-corrected chi connectivity index (χ1v) is 10.4. The van der Waals surface area contributed by atoms with E-state index in [2.05, 4.69) is 19.1 Å². The van der Waals surface area contributed by atoms with Gasteiger partial charge in [0.1, 0.15) is 11.6 Å². The second-order valence-corrected chi connectivity index (χ2v) is 7.64. The Morgan fingerprint density at radius 2 is 1.79 bits per heavy atom. The Kier molecular flexibility index (Phi) is 9.26. The summed E-state index contributed by atoms with van der Waals surface area (Å²) in [5, 5.41) is 9.06. The number of carboxylic acid groups (broad SMARTS) is 1. The van der Waals surface area contributed by atoms with Crippen molar-refractivity contribution in [2.75, 3.05) is 6.54 Å². The lowest BCUT2D eigenvalue weighted by atomic mass is 10.0. The SMILES string of the molecule is CCCCCCc1cccc(CN(CCC(=O)O)Cc2c(F)ccc(C)c2F)c1. The molecule has 2 aromatic rings. The van der Waals surface area contributed by atoms with Gasteiger partial charge in [-0.2, -0.15) is 0 Å². The molecule has 1 N–H and O–H groups in total. The first kappa shape index (κ1) is 23.0. The summed E-state index contributed by atoms with van der Waals surface area (Å²) >= 11 is 0. The predicted molar refractivity (Wildman–Crippen MR) is 112 cm³/mol. The molecule has 5 heteroatoms. The zero-order chi connectivity index (χ0) is 21.2. The van der Waals surface area contributed by atoms with E-state index in [0.717, 1.165) is 18.4 Å². The Morgan fingerprint density at radius 3 is 2.52 bits per heavy atom. The number of benzene rings is 2. The van der Waals surface area contributed by atoms with Gasteiger partial charge in [0.15, 0.2) is 0 Å². The van der Waals surface area contributed by atoms with Crippen molar-refractivity contribution in [1.29, 1.82) is 0 Å². The molecule has 0 aliphatic rings. The minimum atomic E-state index is -0.926. The second kappa shape index (κ2) is 11.7. The number of halogens is 2. The summed E-state index contributed by atoms with van der Waals surface area (Å²) < 4.78 is 28.7. The number of unbranched alkanes of at least 4 members (excludes halogenated alkanes) is 3. The van der Waals surface area contributed by atoms with E-state index < -0.39 is 17.6 Å². The van der Waals surface area contributed by atoms with E-state index in [4.69, 9.17) is 5.11 Å². The fraction of sp³-hybridized carbons (Fsp3) is 0.458. The van der Waals surface area contributed by atoms with Crippen LogP contribution in [0.4, 0.5) is 8.78 Å². The summed E-state index contributed by atoms with van der Waals surface area (Å²) in [6, 6.07) is 10.9. The van der Waals surface area contributed by atoms with Crippen molar-refractivity contribution >= 4 is 5.97 Å². The number of hydrogen-bond donors (Lipinski definition) is 1. The third kappa shape index (κ3) is 7.58. The van der Waals surface area contributed by atoms with Crippen molar-refractivity contribution in [2.24, 2.45) is 0 Å². The fourth-order valence-corrected chi connectivity index (χ4v) is 3.45. The smallest absolute Gasteiger partial charge is 0.304 e. The van der Waals surface area contributed by atoms with Crippen LogP contribution in [0.2, 0.25) is 0 Å². The zero-order valence-corrected chi connectivity index (χ0v) is 17.4. The topological polar surface area (TPSA) is 40.5 Å². The summed E-state index contributed by atoms with van der Waals surface area (Å²) in [4.78, 5) is 12.8. The summed E-state index contributed by atoms with van der Waals surface area (Å²) in [7, 11) is 0. The van der Waals surface area contributed by atoms with Crippen LogP contribution in [0.3, 0.4) is 0 Å². The van der Waals surface area contributed by atoms with Crippen molar-refractivity contribution in [3.05, 3.63) is 70.3 Å². The maximum absolute atomic E-state index is 14.4. The van der Waals surface area contributed by atoms with Crippen LogP contribution in [-0.2, 0) is 24.3 Å². The van der Waals surface area contributed by atoms with Crippen LogP contribution in [0.5, 0.6) is 0 Å². The van der Waals surface area contributed by atoms with Gasteiger partial charge in [0.25, 0.3) is 0 Å². The van der Waals surface area contributed by atoms with Gasteiger partial charge in [-0.25, -0.2) is 8.78 Å². The maximum atomic E-state index is 14.4. The Hall–Kier alpha value is -2.27. The van der Waals surface area contributed by atoms with E-state index in [1.54, 1.807) is 11.8 Å². The lowest BCUT2D eigenvalue weighted by Crippen LogP contribution is -2.27. The molecule has 2 aromatic carbocycles. The number of nitrogens with zero attached hydrogens (tertiary/aromatic N) is 1. The molecule has 3 nitrogen and oxygen atoms in total. The normalized spacial score (nSPS) is 11.2. The summed E-state index contributed by atoms with van der Waals surface area (Å²) in [6.07, 6.45) is 5.70. The first-order chi connectivity index (χ1) is 13.9. The first-order valence-electron chi connectivity index (χ1n) is 10.4. The van der Waals surface area contributed by atoms with E-state index in [1.165, 1.54) is 37.0 Å². The molecule has 0 atom stereocenters. The molecular formula is C24H31F2NO2. The highest BCUT2D eigenvalue weighted by Gasteiger charge is 2.17. The van der Waals surface area contributed by atoms with Crippen LogP contribution in [0.15, 0.2) is 36.4 Å². The average molecular weight is 404 g/mol. The molecule has 0 heterocycles. The van der Waals surface area contributed by atoms with Crippen LogP contribution in [0.1, 0.15) is 61.3 Å². The fourth-order valence-electron chi connectivity index (χ4n) is 3.45. The molecule has 0 amide bonds. The molecule has 158 valence electrons. The Balaban J connectivity index is 2.12. The average Bonchev–Trinajstić information content (AvgIpc) is 2.69. The van der Waals surface area contributed by atoms with E-state index in [0.29, 0.717) is 12.1 Å². The second-order valence-electron chi connectivity index (χ2n) is 7.64. The van der Waals surface area contributed by atoms with E-state index in [-0.39, 0.29) is 25.1 Å². The van der Waals surface area contributed by atoms with Crippen LogP contribution in [0.25, 0.3) is 0 Å². The quantitative estimate of drug-likeness (QED) is 0.450. The number of aliphatic carboxylic acids is 1. The van der Waals surface area contributed by atoms with E-state index in [9.17, 15) is 13.6 Å². The number of rotatable bonds is 12. The maximum Gasteiger partial charge on any atom is 0.304 e. The lowest BCUT2D eigenvalue weighted by molar-refractivity contribution is -0.137. The van der Waals surface area contributed by atoms with Gasteiger partial charge in [-0.05, 0) is 42.5 Å². The molecule has 0 aliphatic heterocycles. The molecule has 0 unspecified atom stereocenters. The molecule has 0 bridgehead atoms. The molecule has 0 aromatic heterocycles. The predicted octanol–water partition coefficient (Wildman–Crippen LogP) is 5.87. The van der Waals surface area contributed by atoms with Gasteiger partial charge in [-0.1, -0.05) is 56.5 Å². The number of carboxylic acids is 1. The van der Waals surface area contributed by atoms with Crippen molar-refractivity contribution in [2.45, 2.75) is 65.5 Å². The Labute approximate surface area is 172 Å². The highest BCUT2D eigenvalue weighted by Crippen LogP contribution is 2.20. The minimum Gasteiger partial charge on any atom is -0.481 e. The van der Waals surface area contributed by atoms with Gasteiger partial charge < -0.3 is 5.11 Å². The van der Waals surface area contributed by atoms with Crippen LogP contribution in [0, 0.1) is 18.6 Å². The molecular weight excluding hydrogens is 372 g/mol. The lowest BCUT2D eigenvalue weighted by Gasteiger charge is -2.23. The summed E-state index contributed by atoms with van der Waals surface area (Å²) in [5.41, 5.74) is 2.64. The van der Waals surface area contributed by atoms with Gasteiger partial charge in [0.05, 0.1) is 6.42 Å². The Bertz CT molecular complexity index is 807. The molecule has 0 saturated heterocycles. The summed E-state index contributed by atoms with van der Waals surface area (Å²) in [6.45, 7) is 4.49. The molecule has 2 rings (SSSR count). The van der Waals surface area contributed by atoms with Gasteiger partial charge in [-0.15, -0.1) is 0 Å². The monoisotopic (exact) mass is 403 g/mol. The standard InChI is InChI=1S/C24H31F2NO2/c1-3-4-5-6-8-19-9-7-10-20(15-19)16-27(14-13-23(28)29)17-21-22(25)12-11-18(2)24(21)26/h7,9-12,15H,3-6,8,13-14,16-17H2,1-2H3,(H,28,29). The molecule has 0 spiro atoms. The van der Waals surface area contributed by atoms with Crippen molar-refractivity contribution in [3.8, 4) is 0 Å². The molecule has 0 fully saturated rings. The number of aryl methyl sites for hydroxylation is 2. The van der Waals surface area contributed by atoms with Crippen LogP contribution < -0.4 is 0 Å². The van der Waals surface area contributed by atoms with E-state index in [1.807, 2.05) is 12.1 Å². The van der Waals surface area contributed by atoms with Gasteiger partial charge >= 0.3 is 5.97 Å². The van der Waals surface area contributed by atoms with Crippen LogP contribution >= 0.6 is 0 Å². The van der Waals surface area contributed by atoms with Gasteiger partial charge in [0.2, 0.25) is 0 Å². The summed E-state index contributed by atoms with van der Waals surface area (Å²) in [5.74, 6) is -2.09.